The topological polar surface area (TPSA) is 38.4 Å². The SMILES string of the molecule is C[Si](C)(C)/N=C/N. The molecule has 0 saturated carbocycles. The summed E-state index contributed by atoms with van der Waals surface area (Å²) in [5.41, 5.74) is 5.06. The average molecular weight is 116 g/mol. The molecule has 0 spiro atoms. The Morgan fingerprint density at radius 2 is 1.86 bits per heavy atom. The Balaban J connectivity index is 3.56. The fourth-order valence-electron chi connectivity index (χ4n) is 0.224. The Morgan fingerprint density at radius 1 is 1.43 bits per heavy atom. The van der Waals surface area contributed by atoms with Crippen molar-refractivity contribution in [3.8, 4) is 0 Å². The van der Waals surface area contributed by atoms with E-state index in [1.165, 1.54) is 6.34 Å². The molecule has 0 radical (unpaired) electrons. The lowest BCUT2D eigenvalue weighted by atomic mass is 11.4. The van der Waals surface area contributed by atoms with Gasteiger partial charge in [-0.25, -0.2) is 0 Å². The Bertz CT molecular complexity index is 72.2. The highest BCUT2D eigenvalue weighted by Crippen LogP contribution is 1.98. The minimum atomic E-state index is -1.21. The molecule has 0 fully saturated rings. The average Bonchev–Trinajstić information content (AvgIpc) is 1.30. The van der Waals surface area contributed by atoms with Crippen molar-refractivity contribution < 1.29 is 0 Å². The minimum Gasteiger partial charge on any atom is -0.391 e. The molecular weight excluding hydrogens is 104 g/mol. The van der Waals surface area contributed by atoms with Gasteiger partial charge in [0.15, 0.2) is 8.24 Å². The quantitative estimate of drug-likeness (QED) is 0.307. The molecule has 0 aromatic heterocycles. The summed E-state index contributed by atoms with van der Waals surface area (Å²) in [5, 5.41) is 0. The van der Waals surface area contributed by atoms with Gasteiger partial charge in [0.1, 0.15) is 0 Å². The van der Waals surface area contributed by atoms with Crippen LogP contribution in [0, 0.1) is 0 Å². The van der Waals surface area contributed by atoms with Gasteiger partial charge >= 0.3 is 0 Å². The monoisotopic (exact) mass is 116 g/mol. The highest BCUT2D eigenvalue weighted by Gasteiger charge is 2.07. The van der Waals surface area contributed by atoms with Crippen LogP contribution in [-0.2, 0) is 0 Å². The van der Waals surface area contributed by atoms with Gasteiger partial charge in [-0.05, 0) is 19.6 Å². The molecule has 42 valence electrons. The molecule has 0 aromatic carbocycles. The van der Waals surface area contributed by atoms with Crippen molar-refractivity contribution in [3.05, 3.63) is 0 Å². The van der Waals surface area contributed by atoms with Gasteiger partial charge in [-0.1, -0.05) is 0 Å². The Kier molecular flexibility index (Phi) is 2.02. The highest BCUT2D eigenvalue weighted by atomic mass is 28.3. The Morgan fingerprint density at radius 3 is 1.86 bits per heavy atom. The van der Waals surface area contributed by atoms with Crippen molar-refractivity contribution in [2.45, 2.75) is 19.6 Å². The van der Waals surface area contributed by atoms with Crippen LogP contribution >= 0.6 is 0 Å². The third-order valence-electron chi connectivity index (χ3n) is 0.462. The van der Waals surface area contributed by atoms with Gasteiger partial charge < -0.3 is 10.4 Å². The maximum atomic E-state index is 5.06. The van der Waals surface area contributed by atoms with Crippen LogP contribution in [0.4, 0.5) is 0 Å². The van der Waals surface area contributed by atoms with E-state index in [-0.39, 0.29) is 0 Å². The normalized spacial score (nSPS) is 13.0. The van der Waals surface area contributed by atoms with E-state index in [1.54, 1.807) is 0 Å². The number of nitrogens with zero attached hydrogens (tertiary/aromatic N) is 1. The van der Waals surface area contributed by atoms with E-state index >= 15 is 0 Å². The second-order valence-electron chi connectivity index (χ2n) is 2.45. The first-order valence-corrected chi connectivity index (χ1v) is 5.76. The van der Waals surface area contributed by atoms with E-state index in [2.05, 4.69) is 24.3 Å². The van der Waals surface area contributed by atoms with Crippen LogP contribution in [0.25, 0.3) is 0 Å². The van der Waals surface area contributed by atoms with Crippen molar-refractivity contribution in [3.63, 3.8) is 0 Å². The van der Waals surface area contributed by atoms with Crippen molar-refractivity contribution in [1.82, 2.24) is 0 Å². The fraction of sp³-hybridized carbons (Fsp3) is 0.750. The summed E-state index contributed by atoms with van der Waals surface area (Å²) >= 11 is 0. The van der Waals surface area contributed by atoms with Crippen LogP contribution in [-0.4, -0.2) is 14.6 Å². The predicted octanol–water partition coefficient (Wildman–Crippen LogP) is 0.808. The largest absolute Gasteiger partial charge is 0.391 e. The zero-order valence-corrected chi connectivity index (χ0v) is 6.10. The Hall–Kier alpha value is -0.313. The molecule has 0 unspecified atom stereocenters. The van der Waals surface area contributed by atoms with E-state index in [4.69, 9.17) is 5.73 Å². The van der Waals surface area contributed by atoms with Crippen molar-refractivity contribution in [1.29, 1.82) is 0 Å². The van der Waals surface area contributed by atoms with E-state index in [9.17, 15) is 0 Å². The molecule has 0 rings (SSSR count). The van der Waals surface area contributed by atoms with Gasteiger partial charge in [0.25, 0.3) is 0 Å². The predicted molar refractivity (Wildman–Crippen MR) is 36.0 cm³/mol. The van der Waals surface area contributed by atoms with Crippen LogP contribution in [0.15, 0.2) is 4.66 Å². The third kappa shape index (κ3) is 5.69. The highest BCUT2D eigenvalue weighted by molar-refractivity contribution is 6.75. The summed E-state index contributed by atoms with van der Waals surface area (Å²) in [6.45, 7) is 6.41. The molecule has 0 aliphatic heterocycles. The zero-order chi connectivity index (χ0) is 5.91. The molecule has 7 heavy (non-hydrogen) atoms. The maximum Gasteiger partial charge on any atom is 0.174 e. The van der Waals surface area contributed by atoms with Crippen LogP contribution in [0.2, 0.25) is 19.6 Å². The molecule has 2 nitrogen and oxygen atoms in total. The molecule has 0 saturated heterocycles. The van der Waals surface area contributed by atoms with Crippen molar-refractivity contribution in [2.75, 3.05) is 0 Å². The van der Waals surface area contributed by atoms with Crippen LogP contribution in [0.1, 0.15) is 0 Å². The maximum absolute atomic E-state index is 5.06. The lowest BCUT2D eigenvalue weighted by Gasteiger charge is -2.04. The standard InChI is InChI=1S/C4H12N2Si/c1-7(2,3)6-4-5/h4H,1-3H3,(H2,5,6). The molecule has 0 bridgehead atoms. The van der Waals surface area contributed by atoms with Gasteiger partial charge in [0.2, 0.25) is 0 Å². The number of hydrogen-bond acceptors (Lipinski definition) is 1. The second-order valence-corrected chi connectivity index (χ2v) is 7.05. The van der Waals surface area contributed by atoms with Crippen molar-refractivity contribution >= 4 is 14.6 Å². The molecule has 0 aromatic rings. The van der Waals surface area contributed by atoms with Gasteiger partial charge in [0.05, 0.1) is 6.34 Å². The summed E-state index contributed by atoms with van der Waals surface area (Å²) in [5.74, 6) is 0. The second kappa shape index (κ2) is 2.11. The fourth-order valence-corrected chi connectivity index (χ4v) is 0.671. The molecule has 2 N–H and O–H groups in total. The lowest BCUT2D eigenvalue weighted by Crippen LogP contribution is -2.17. The first-order chi connectivity index (χ1) is 3.06. The van der Waals surface area contributed by atoms with Gasteiger partial charge in [-0.2, -0.15) is 0 Å². The number of rotatable bonds is 1. The molecule has 3 heteroatoms. The summed E-state index contributed by atoms with van der Waals surface area (Å²) in [4.78, 5) is 0. The molecule has 0 aliphatic carbocycles. The number of hydrogen-bond donors (Lipinski definition) is 1. The van der Waals surface area contributed by atoms with Gasteiger partial charge in [-0.3, -0.25) is 0 Å². The van der Waals surface area contributed by atoms with Crippen LogP contribution in [0.5, 0.6) is 0 Å². The van der Waals surface area contributed by atoms with Crippen molar-refractivity contribution in [2.24, 2.45) is 10.4 Å². The molecule has 0 atom stereocenters. The first kappa shape index (κ1) is 6.69. The smallest absolute Gasteiger partial charge is 0.174 e. The molecule has 0 amide bonds. The lowest BCUT2D eigenvalue weighted by molar-refractivity contribution is 1.55. The molecule has 0 heterocycles. The van der Waals surface area contributed by atoms with E-state index in [0.717, 1.165) is 0 Å². The third-order valence-corrected chi connectivity index (χ3v) is 1.39. The summed E-state index contributed by atoms with van der Waals surface area (Å²) < 4.78 is 4.05. The van der Waals surface area contributed by atoms with Gasteiger partial charge in [0, 0.05) is 0 Å². The number of nitrogens with two attached hydrogens (primary N) is 1. The summed E-state index contributed by atoms with van der Waals surface area (Å²) in [6, 6.07) is 0. The van der Waals surface area contributed by atoms with Gasteiger partial charge in [-0.15, -0.1) is 0 Å². The molecule has 0 aliphatic rings. The van der Waals surface area contributed by atoms with E-state index < -0.39 is 8.24 Å². The van der Waals surface area contributed by atoms with E-state index in [0.29, 0.717) is 0 Å². The Labute approximate surface area is 45.5 Å². The summed E-state index contributed by atoms with van der Waals surface area (Å²) in [6.07, 6.45) is 1.40. The first-order valence-electron chi connectivity index (χ1n) is 2.32. The van der Waals surface area contributed by atoms with E-state index in [1.807, 2.05) is 0 Å². The van der Waals surface area contributed by atoms with Crippen LogP contribution in [0.3, 0.4) is 0 Å². The zero-order valence-electron chi connectivity index (χ0n) is 5.10. The molecular formula is C4H12N2Si. The summed E-state index contributed by atoms with van der Waals surface area (Å²) in [7, 11) is -1.21. The van der Waals surface area contributed by atoms with Crippen LogP contribution < -0.4 is 5.73 Å². The minimum absolute atomic E-state index is 1.21.